The Balaban J connectivity index is 1.14. The average Bonchev–Trinajstić information content (AvgIpc) is 3.75. The third-order valence-corrected chi connectivity index (χ3v) is 10.8. The van der Waals surface area contributed by atoms with Crippen LogP contribution in [0.15, 0.2) is 172 Å². The van der Waals surface area contributed by atoms with Gasteiger partial charge in [0.25, 0.3) is 0 Å². The number of ether oxygens (including phenoxy) is 1. The summed E-state index contributed by atoms with van der Waals surface area (Å²) >= 11 is 1.74. The molecule has 0 N–H and O–H groups in total. The summed E-state index contributed by atoms with van der Waals surface area (Å²) in [5.74, 6) is 3.52. The molecule has 7 heteroatoms. The summed E-state index contributed by atoms with van der Waals surface area (Å²) in [4.78, 5) is 17.1. The second-order valence-electron chi connectivity index (χ2n) is 12.8. The monoisotopic (exact) mass is 686 g/mol. The van der Waals surface area contributed by atoms with Crippen molar-refractivity contribution in [3.05, 3.63) is 158 Å². The fourth-order valence-electron chi connectivity index (χ4n) is 7.34. The summed E-state index contributed by atoms with van der Waals surface area (Å²) in [6.45, 7) is 0. The van der Waals surface area contributed by atoms with Gasteiger partial charge in [0.2, 0.25) is 0 Å². The van der Waals surface area contributed by atoms with E-state index in [0.717, 1.165) is 87.4 Å². The molecule has 0 fully saturated rings. The lowest BCUT2D eigenvalue weighted by molar-refractivity contribution is 0.455. The van der Waals surface area contributed by atoms with Gasteiger partial charge in [-0.3, -0.25) is 0 Å². The number of hydrogen-bond donors (Lipinski definition) is 0. The topological polar surface area (TPSA) is 66.0 Å². The van der Waals surface area contributed by atoms with Crippen LogP contribution in [-0.4, -0.2) is 19.5 Å². The van der Waals surface area contributed by atoms with Crippen molar-refractivity contribution in [1.82, 2.24) is 19.5 Å². The van der Waals surface area contributed by atoms with Gasteiger partial charge in [0.1, 0.15) is 17.1 Å². The summed E-state index contributed by atoms with van der Waals surface area (Å²) < 4.78 is 15.7. The SMILES string of the molecule is c1ccc(-c2nc(-c3ccccc3)nc(-c3cccc4c3oc3c(-n5c6ccccc6c6cc7c(cc65)Sc5ccccc5O7)cccc34)n2)cc1. The average molecular weight is 687 g/mol. The van der Waals surface area contributed by atoms with E-state index < -0.39 is 0 Å². The maximum atomic E-state index is 6.99. The molecule has 4 heterocycles. The lowest BCUT2D eigenvalue weighted by atomic mass is 10.1. The molecule has 0 bridgehead atoms. The molecule has 3 aromatic heterocycles. The third kappa shape index (κ3) is 4.49. The Hall–Kier alpha value is -6.70. The first-order chi connectivity index (χ1) is 25.8. The molecule has 10 aromatic rings. The van der Waals surface area contributed by atoms with Crippen LogP contribution in [0.4, 0.5) is 0 Å². The molecule has 52 heavy (non-hydrogen) atoms. The van der Waals surface area contributed by atoms with Gasteiger partial charge in [0.15, 0.2) is 23.1 Å². The normalized spacial score (nSPS) is 12.3. The van der Waals surface area contributed by atoms with Crippen LogP contribution >= 0.6 is 11.8 Å². The lowest BCUT2D eigenvalue weighted by Gasteiger charge is -2.20. The molecule has 0 unspecified atom stereocenters. The molecule has 0 radical (unpaired) electrons. The molecule has 0 saturated carbocycles. The van der Waals surface area contributed by atoms with Crippen molar-refractivity contribution in [2.75, 3.05) is 0 Å². The molecule has 0 amide bonds. The summed E-state index contributed by atoms with van der Waals surface area (Å²) in [6.07, 6.45) is 0. The molecule has 1 aliphatic rings. The van der Waals surface area contributed by atoms with Gasteiger partial charge in [-0.05, 0) is 42.5 Å². The summed E-state index contributed by atoms with van der Waals surface area (Å²) in [5.41, 5.74) is 7.30. The first-order valence-electron chi connectivity index (χ1n) is 17.1. The zero-order chi connectivity index (χ0) is 34.2. The largest absolute Gasteiger partial charge is 0.455 e. The highest BCUT2D eigenvalue weighted by Gasteiger charge is 2.24. The van der Waals surface area contributed by atoms with E-state index in [9.17, 15) is 0 Å². The van der Waals surface area contributed by atoms with Crippen LogP contribution < -0.4 is 4.74 Å². The van der Waals surface area contributed by atoms with Gasteiger partial charge in [0, 0.05) is 32.7 Å². The Bertz CT molecular complexity index is 2970. The number of rotatable bonds is 4. The maximum absolute atomic E-state index is 6.99. The fraction of sp³-hybridized carbons (Fsp3) is 0. The Labute approximate surface area is 302 Å². The van der Waals surface area contributed by atoms with Crippen molar-refractivity contribution in [3.8, 4) is 51.3 Å². The minimum absolute atomic E-state index is 0.555. The number of benzene rings is 7. The smallest absolute Gasteiger partial charge is 0.167 e. The zero-order valence-corrected chi connectivity index (χ0v) is 28.3. The number of hydrogen-bond acceptors (Lipinski definition) is 6. The lowest BCUT2D eigenvalue weighted by Crippen LogP contribution is -2.00. The molecular weight excluding hydrogens is 661 g/mol. The van der Waals surface area contributed by atoms with E-state index in [1.165, 1.54) is 0 Å². The van der Waals surface area contributed by atoms with E-state index in [1.54, 1.807) is 11.8 Å². The van der Waals surface area contributed by atoms with E-state index in [2.05, 4.69) is 77.4 Å². The molecule has 1 aliphatic heterocycles. The van der Waals surface area contributed by atoms with Crippen LogP contribution in [0.1, 0.15) is 0 Å². The van der Waals surface area contributed by atoms with Crippen LogP contribution in [0.2, 0.25) is 0 Å². The minimum Gasteiger partial charge on any atom is -0.455 e. The van der Waals surface area contributed by atoms with E-state index in [4.69, 9.17) is 24.1 Å². The van der Waals surface area contributed by atoms with Gasteiger partial charge < -0.3 is 13.7 Å². The third-order valence-electron chi connectivity index (χ3n) is 9.71. The van der Waals surface area contributed by atoms with Crippen LogP contribution in [-0.2, 0) is 0 Å². The van der Waals surface area contributed by atoms with Crippen molar-refractivity contribution in [1.29, 1.82) is 0 Å². The van der Waals surface area contributed by atoms with Gasteiger partial charge in [-0.15, -0.1) is 0 Å². The second-order valence-corrected chi connectivity index (χ2v) is 13.9. The van der Waals surface area contributed by atoms with Crippen molar-refractivity contribution in [3.63, 3.8) is 0 Å². The zero-order valence-electron chi connectivity index (χ0n) is 27.5. The molecule has 11 rings (SSSR count). The summed E-state index contributed by atoms with van der Waals surface area (Å²) in [7, 11) is 0. The molecule has 0 aliphatic carbocycles. The van der Waals surface area contributed by atoms with Crippen LogP contribution in [0.25, 0.3) is 83.6 Å². The van der Waals surface area contributed by atoms with Crippen molar-refractivity contribution >= 4 is 55.5 Å². The number of aromatic nitrogens is 4. The Morgan fingerprint density at radius 2 is 1.08 bits per heavy atom. The minimum atomic E-state index is 0.555. The molecule has 0 spiro atoms. The highest BCUT2D eigenvalue weighted by Crippen LogP contribution is 2.50. The first kappa shape index (κ1) is 29.1. The van der Waals surface area contributed by atoms with Gasteiger partial charge >= 0.3 is 0 Å². The standard InChI is InChI=1S/C45H26N4O2S/c1-3-13-27(14-4-1)43-46-44(28-15-5-2-6-16-28)48-45(47-43)32-20-11-18-30-31-19-12-22-35(42(31)51-41(30)32)49-34-21-8-7-17-29(34)33-25-38-40(26-36(33)49)52-39-24-10-9-23-37(39)50-38/h1-26H. The highest BCUT2D eigenvalue weighted by molar-refractivity contribution is 7.99. The van der Waals surface area contributed by atoms with E-state index in [1.807, 2.05) is 84.9 Å². The van der Waals surface area contributed by atoms with Crippen LogP contribution in [0.3, 0.4) is 0 Å². The van der Waals surface area contributed by atoms with Gasteiger partial charge in [0.05, 0.1) is 32.1 Å². The van der Waals surface area contributed by atoms with Crippen molar-refractivity contribution < 1.29 is 9.15 Å². The molecule has 7 aromatic carbocycles. The highest BCUT2D eigenvalue weighted by atomic mass is 32.2. The second kappa shape index (κ2) is 11.4. The van der Waals surface area contributed by atoms with Gasteiger partial charge in [-0.1, -0.05) is 127 Å². The quantitative estimate of drug-likeness (QED) is 0.184. The Morgan fingerprint density at radius 3 is 1.87 bits per heavy atom. The predicted molar refractivity (Wildman–Crippen MR) is 208 cm³/mol. The Morgan fingerprint density at radius 1 is 0.442 bits per heavy atom. The number of nitrogens with zero attached hydrogens (tertiary/aromatic N) is 4. The summed E-state index contributed by atoms with van der Waals surface area (Å²) in [6, 6.07) is 53.8. The fourth-order valence-corrected chi connectivity index (χ4v) is 8.30. The van der Waals surface area contributed by atoms with Gasteiger partial charge in [-0.25, -0.2) is 15.0 Å². The van der Waals surface area contributed by atoms with Crippen molar-refractivity contribution in [2.24, 2.45) is 0 Å². The van der Waals surface area contributed by atoms with Gasteiger partial charge in [-0.2, -0.15) is 0 Å². The predicted octanol–water partition coefficient (Wildman–Crippen LogP) is 12.1. The number of fused-ring (bicyclic) bond motifs is 8. The molecular formula is C45H26N4O2S. The summed E-state index contributed by atoms with van der Waals surface area (Å²) in [5, 5.41) is 4.28. The molecule has 6 nitrogen and oxygen atoms in total. The van der Waals surface area contributed by atoms with Crippen LogP contribution in [0, 0.1) is 0 Å². The maximum Gasteiger partial charge on any atom is 0.167 e. The van der Waals surface area contributed by atoms with Crippen LogP contribution in [0.5, 0.6) is 11.5 Å². The molecule has 0 saturated heterocycles. The first-order valence-corrected chi connectivity index (χ1v) is 17.9. The van der Waals surface area contributed by atoms with E-state index in [0.29, 0.717) is 17.5 Å². The molecule has 244 valence electrons. The van der Waals surface area contributed by atoms with E-state index >= 15 is 0 Å². The Kier molecular flexibility index (Phi) is 6.38. The number of furan rings is 1. The van der Waals surface area contributed by atoms with Crippen molar-refractivity contribution in [2.45, 2.75) is 9.79 Å². The van der Waals surface area contributed by atoms with E-state index in [-0.39, 0.29) is 0 Å². The molecule has 0 atom stereocenters. The number of para-hydroxylation sites is 4.